The van der Waals surface area contributed by atoms with E-state index in [1.165, 1.54) is 0 Å². The summed E-state index contributed by atoms with van der Waals surface area (Å²) in [5.41, 5.74) is 2.98. The van der Waals surface area contributed by atoms with Gasteiger partial charge in [-0.2, -0.15) is 5.10 Å². The SMILES string of the molecule is Cc1cnn(-c2ccccc2)c1NC(=O)CC1OC(=O)c2ccccc21. The van der Waals surface area contributed by atoms with Gasteiger partial charge in [0.05, 0.1) is 23.9 Å². The number of hydrogen-bond donors (Lipinski definition) is 1. The maximum Gasteiger partial charge on any atom is 0.339 e. The predicted molar refractivity (Wildman–Crippen MR) is 96.1 cm³/mol. The van der Waals surface area contributed by atoms with E-state index in [2.05, 4.69) is 10.4 Å². The number of amides is 1. The molecule has 0 radical (unpaired) electrons. The Labute approximate surface area is 150 Å². The summed E-state index contributed by atoms with van der Waals surface area (Å²) in [5.74, 6) is -0.0111. The van der Waals surface area contributed by atoms with Crippen LogP contribution in [0.4, 0.5) is 5.82 Å². The third-order valence-electron chi connectivity index (χ3n) is 4.36. The minimum absolute atomic E-state index is 0.0577. The van der Waals surface area contributed by atoms with Crippen molar-refractivity contribution in [3.8, 4) is 5.69 Å². The van der Waals surface area contributed by atoms with Gasteiger partial charge >= 0.3 is 5.97 Å². The van der Waals surface area contributed by atoms with Gasteiger partial charge in [0.2, 0.25) is 5.91 Å². The molecule has 1 aliphatic heterocycles. The number of fused-ring (bicyclic) bond motifs is 1. The van der Waals surface area contributed by atoms with Crippen molar-refractivity contribution in [2.24, 2.45) is 0 Å². The van der Waals surface area contributed by atoms with Gasteiger partial charge in [0, 0.05) is 11.1 Å². The van der Waals surface area contributed by atoms with Crippen LogP contribution in [0.2, 0.25) is 0 Å². The number of nitrogens with zero attached hydrogens (tertiary/aromatic N) is 2. The van der Waals surface area contributed by atoms with Crippen molar-refractivity contribution in [3.63, 3.8) is 0 Å². The van der Waals surface area contributed by atoms with Crippen molar-refractivity contribution in [1.29, 1.82) is 0 Å². The molecule has 1 N–H and O–H groups in total. The van der Waals surface area contributed by atoms with Crippen molar-refractivity contribution in [3.05, 3.63) is 77.5 Å². The number of para-hydroxylation sites is 1. The van der Waals surface area contributed by atoms with E-state index in [0.717, 1.165) is 16.8 Å². The Bertz CT molecular complexity index is 979. The Kier molecular flexibility index (Phi) is 4.01. The summed E-state index contributed by atoms with van der Waals surface area (Å²) in [7, 11) is 0. The summed E-state index contributed by atoms with van der Waals surface area (Å²) >= 11 is 0. The van der Waals surface area contributed by atoms with Gasteiger partial charge < -0.3 is 10.1 Å². The molecule has 1 amide bonds. The molecule has 1 atom stereocenters. The molecule has 0 bridgehead atoms. The topological polar surface area (TPSA) is 73.2 Å². The number of cyclic esters (lactones) is 1. The molecule has 26 heavy (non-hydrogen) atoms. The number of esters is 1. The summed E-state index contributed by atoms with van der Waals surface area (Å²) < 4.78 is 7.03. The van der Waals surface area contributed by atoms with Crippen LogP contribution in [0.25, 0.3) is 5.69 Å². The van der Waals surface area contributed by atoms with E-state index in [1.54, 1.807) is 23.0 Å². The first-order chi connectivity index (χ1) is 12.6. The molecule has 2 aromatic carbocycles. The Balaban J connectivity index is 1.54. The second-order valence-corrected chi connectivity index (χ2v) is 6.16. The van der Waals surface area contributed by atoms with E-state index < -0.39 is 6.10 Å². The number of aryl methyl sites for hydroxylation is 1. The third-order valence-corrected chi connectivity index (χ3v) is 4.36. The second kappa shape index (κ2) is 6.48. The first-order valence-corrected chi connectivity index (χ1v) is 8.33. The van der Waals surface area contributed by atoms with Crippen LogP contribution in [0.5, 0.6) is 0 Å². The van der Waals surface area contributed by atoms with Gasteiger partial charge in [-0.3, -0.25) is 4.79 Å². The lowest BCUT2D eigenvalue weighted by Crippen LogP contribution is -2.18. The lowest BCUT2D eigenvalue weighted by molar-refractivity contribution is -0.118. The minimum Gasteiger partial charge on any atom is -0.453 e. The molecule has 4 rings (SSSR count). The Morgan fingerprint density at radius 1 is 1.15 bits per heavy atom. The third kappa shape index (κ3) is 2.86. The number of hydrogen-bond acceptors (Lipinski definition) is 4. The fourth-order valence-corrected chi connectivity index (χ4v) is 3.07. The molecular weight excluding hydrogens is 330 g/mol. The summed E-state index contributed by atoms with van der Waals surface area (Å²) in [6.45, 7) is 1.88. The van der Waals surface area contributed by atoms with Crippen LogP contribution in [-0.2, 0) is 9.53 Å². The van der Waals surface area contributed by atoms with Gasteiger partial charge in [-0.15, -0.1) is 0 Å². The van der Waals surface area contributed by atoms with Crippen molar-refractivity contribution in [2.45, 2.75) is 19.4 Å². The van der Waals surface area contributed by atoms with Crippen LogP contribution in [0.1, 0.15) is 34.0 Å². The van der Waals surface area contributed by atoms with Crippen LogP contribution in [0.3, 0.4) is 0 Å². The number of anilines is 1. The highest BCUT2D eigenvalue weighted by molar-refractivity contribution is 5.96. The molecule has 130 valence electrons. The van der Waals surface area contributed by atoms with Gasteiger partial charge in [-0.05, 0) is 25.1 Å². The van der Waals surface area contributed by atoms with Gasteiger partial charge in [-0.25, -0.2) is 9.48 Å². The molecular formula is C20H17N3O3. The lowest BCUT2D eigenvalue weighted by Gasteiger charge is -2.13. The zero-order valence-corrected chi connectivity index (χ0v) is 14.2. The summed E-state index contributed by atoms with van der Waals surface area (Å²) in [6, 6.07) is 16.7. The van der Waals surface area contributed by atoms with E-state index in [0.29, 0.717) is 11.4 Å². The standard InChI is InChI=1S/C20H17N3O3/c1-13-12-21-23(14-7-3-2-4-8-14)19(13)22-18(24)11-17-15-9-5-6-10-16(15)20(25)26-17/h2-10,12,17H,11H2,1H3,(H,22,24). The fourth-order valence-electron chi connectivity index (χ4n) is 3.07. The molecule has 2 heterocycles. The highest BCUT2D eigenvalue weighted by Crippen LogP contribution is 2.33. The van der Waals surface area contributed by atoms with Crippen LogP contribution in [-0.4, -0.2) is 21.7 Å². The highest BCUT2D eigenvalue weighted by atomic mass is 16.5. The van der Waals surface area contributed by atoms with E-state index >= 15 is 0 Å². The van der Waals surface area contributed by atoms with Gasteiger partial charge in [-0.1, -0.05) is 36.4 Å². The molecule has 6 nitrogen and oxygen atoms in total. The molecule has 0 aliphatic carbocycles. The average molecular weight is 347 g/mol. The molecule has 0 spiro atoms. The highest BCUT2D eigenvalue weighted by Gasteiger charge is 2.32. The van der Waals surface area contributed by atoms with E-state index in [-0.39, 0.29) is 18.3 Å². The molecule has 3 aromatic rings. The number of carbonyl (C=O) groups excluding carboxylic acids is 2. The van der Waals surface area contributed by atoms with Gasteiger partial charge in [0.1, 0.15) is 11.9 Å². The van der Waals surface area contributed by atoms with Crippen molar-refractivity contribution in [2.75, 3.05) is 5.32 Å². The number of rotatable bonds is 4. The van der Waals surface area contributed by atoms with Crippen molar-refractivity contribution < 1.29 is 14.3 Å². The number of ether oxygens (including phenoxy) is 1. The Morgan fingerprint density at radius 2 is 1.88 bits per heavy atom. The molecule has 1 aliphatic rings. The normalized spacial score (nSPS) is 15.4. The summed E-state index contributed by atoms with van der Waals surface area (Å²) in [5, 5.41) is 7.24. The zero-order valence-electron chi connectivity index (χ0n) is 14.2. The molecule has 1 unspecified atom stereocenters. The summed E-state index contributed by atoms with van der Waals surface area (Å²) in [4.78, 5) is 24.5. The summed E-state index contributed by atoms with van der Waals surface area (Å²) in [6.07, 6.45) is 1.20. The van der Waals surface area contributed by atoms with E-state index in [4.69, 9.17) is 4.74 Å². The quantitative estimate of drug-likeness (QED) is 0.734. The van der Waals surface area contributed by atoms with Gasteiger partial charge in [0.25, 0.3) is 0 Å². The molecule has 0 fully saturated rings. The molecule has 0 saturated carbocycles. The molecule has 1 aromatic heterocycles. The largest absolute Gasteiger partial charge is 0.453 e. The minimum atomic E-state index is -0.563. The van der Waals surface area contributed by atoms with Crippen molar-refractivity contribution in [1.82, 2.24) is 9.78 Å². The van der Waals surface area contributed by atoms with Crippen LogP contribution < -0.4 is 5.32 Å². The smallest absolute Gasteiger partial charge is 0.339 e. The number of carbonyl (C=O) groups is 2. The van der Waals surface area contributed by atoms with E-state index in [1.807, 2.05) is 49.4 Å². The second-order valence-electron chi connectivity index (χ2n) is 6.16. The average Bonchev–Trinajstić information content (AvgIpc) is 3.17. The Morgan fingerprint density at radius 3 is 2.69 bits per heavy atom. The zero-order chi connectivity index (χ0) is 18.1. The van der Waals surface area contributed by atoms with Crippen LogP contribution in [0.15, 0.2) is 60.8 Å². The molecule has 6 heteroatoms. The fraction of sp³-hybridized carbons (Fsp3) is 0.150. The maximum atomic E-state index is 12.6. The first kappa shape index (κ1) is 16.1. The molecule has 0 saturated heterocycles. The lowest BCUT2D eigenvalue weighted by atomic mass is 10.0. The predicted octanol–water partition coefficient (Wildman–Crippen LogP) is 3.42. The van der Waals surface area contributed by atoms with Crippen molar-refractivity contribution >= 4 is 17.7 Å². The Hall–Kier alpha value is -3.41. The van der Waals surface area contributed by atoms with Crippen LogP contribution in [0, 0.1) is 6.92 Å². The number of aromatic nitrogens is 2. The maximum absolute atomic E-state index is 12.6. The number of benzene rings is 2. The van der Waals surface area contributed by atoms with Crippen LogP contribution >= 0.6 is 0 Å². The first-order valence-electron chi connectivity index (χ1n) is 8.33. The van der Waals surface area contributed by atoms with Gasteiger partial charge in [0.15, 0.2) is 0 Å². The number of nitrogens with one attached hydrogen (secondary N) is 1. The van der Waals surface area contributed by atoms with E-state index in [9.17, 15) is 9.59 Å². The monoisotopic (exact) mass is 347 g/mol.